The van der Waals surface area contributed by atoms with Crippen LogP contribution in [-0.4, -0.2) is 19.7 Å². The third kappa shape index (κ3) is 14.1. The summed E-state index contributed by atoms with van der Waals surface area (Å²) in [6.07, 6.45) is 2.16. The zero-order valence-corrected chi connectivity index (χ0v) is 42.8. The zero-order chi connectivity index (χ0) is 44.7. The third-order valence-corrected chi connectivity index (χ3v) is 10.6. The van der Waals surface area contributed by atoms with Crippen LogP contribution in [0.15, 0.2) is 158 Å². The smallest absolute Gasteiger partial charge is 0.508 e. The molecule has 0 saturated carbocycles. The summed E-state index contributed by atoms with van der Waals surface area (Å²) < 4.78 is 0. The molecule has 0 saturated heterocycles. The maximum absolute atomic E-state index is 9.57. The Balaban J connectivity index is 0.000000217. The van der Waals surface area contributed by atoms with Crippen molar-refractivity contribution in [2.24, 2.45) is 0 Å². The van der Waals surface area contributed by atoms with E-state index in [1.807, 2.05) is 38.1 Å². The second-order valence-electron chi connectivity index (χ2n) is 17.7. The molecule has 0 aliphatic heterocycles. The van der Waals surface area contributed by atoms with Gasteiger partial charge in [-0.05, 0) is 60.8 Å². The van der Waals surface area contributed by atoms with Crippen LogP contribution in [0.4, 0.5) is 0 Å². The summed E-state index contributed by atoms with van der Waals surface area (Å²) in [5, 5.41) is 24.6. The number of aryl methyl sites for hydroxylation is 4. The van der Waals surface area contributed by atoms with Crippen molar-refractivity contribution in [2.45, 2.75) is 106 Å². The molecule has 0 aliphatic carbocycles. The van der Waals surface area contributed by atoms with Crippen molar-refractivity contribution < 1.29 is 36.4 Å². The van der Waals surface area contributed by atoms with Gasteiger partial charge in [-0.15, -0.1) is 70.8 Å². The minimum Gasteiger partial charge on any atom is -0.508 e. The van der Waals surface area contributed by atoms with E-state index >= 15 is 0 Å². The van der Waals surface area contributed by atoms with Crippen LogP contribution in [0.3, 0.4) is 0 Å². The van der Waals surface area contributed by atoms with Crippen molar-refractivity contribution in [3.8, 4) is 33.8 Å². The van der Waals surface area contributed by atoms with Gasteiger partial charge in [-0.3, -0.25) is 0 Å². The first kappa shape index (κ1) is 51.6. The number of hydrogen-bond donors (Lipinski definition) is 2. The number of phenols is 2. The Bertz CT molecular complexity index is 2370. The average molecular weight is 916 g/mol. The maximum Gasteiger partial charge on any atom is 2.00 e. The Kier molecular flexibility index (Phi) is 20.1. The minimum absolute atomic E-state index is 0. The minimum atomic E-state index is 0. The first-order valence-corrected chi connectivity index (χ1v) is 23.7. The van der Waals surface area contributed by atoms with E-state index in [2.05, 4.69) is 190 Å². The molecule has 0 atom stereocenters. The molecule has 2 N–H and O–H groups in total. The zero-order valence-electron chi connectivity index (χ0n) is 39.3. The summed E-state index contributed by atoms with van der Waals surface area (Å²) in [4.78, 5) is 0. The van der Waals surface area contributed by atoms with E-state index in [-0.39, 0.29) is 37.0 Å². The van der Waals surface area contributed by atoms with Crippen molar-refractivity contribution >= 4 is 31.1 Å². The van der Waals surface area contributed by atoms with Gasteiger partial charge in [-0.1, -0.05) is 209 Å². The second-order valence-corrected chi connectivity index (χ2v) is 18.7. The predicted octanol–water partition coefficient (Wildman–Crippen LogP) is 16.4. The number of fused-ring (bicyclic) bond motifs is 2. The van der Waals surface area contributed by atoms with Gasteiger partial charge in [0.15, 0.2) is 0 Å². The van der Waals surface area contributed by atoms with Crippen molar-refractivity contribution in [1.82, 2.24) is 0 Å². The van der Waals surface area contributed by atoms with E-state index in [4.69, 9.17) is 0 Å². The van der Waals surface area contributed by atoms with E-state index in [9.17, 15) is 10.2 Å². The average Bonchev–Trinajstić information content (AvgIpc) is 3.82. The summed E-state index contributed by atoms with van der Waals surface area (Å²) in [7, 11) is 1.08. The van der Waals surface area contributed by atoms with Gasteiger partial charge in [-0.25, -0.2) is 0 Å². The van der Waals surface area contributed by atoms with Crippen LogP contribution in [0.1, 0.15) is 88.8 Å². The molecule has 0 heterocycles. The van der Waals surface area contributed by atoms with Crippen LogP contribution in [0, 0.1) is 13.8 Å². The summed E-state index contributed by atoms with van der Waals surface area (Å²) >= 11 is 0. The van der Waals surface area contributed by atoms with Crippen LogP contribution >= 0.6 is 0 Å². The van der Waals surface area contributed by atoms with Gasteiger partial charge in [-0.2, -0.15) is 0 Å². The summed E-state index contributed by atoms with van der Waals surface area (Å²) in [5.41, 5.74) is 12.8. The predicted molar refractivity (Wildman–Crippen MR) is 269 cm³/mol. The molecule has 0 spiro atoms. The molecule has 8 aromatic carbocycles. The molecule has 8 aromatic rings. The molecule has 62 heavy (non-hydrogen) atoms. The van der Waals surface area contributed by atoms with Crippen LogP contribution < -0.4 is 0 Å². The number of phenolic OH excluding ortho intramolecular Hbond substituents is 2. The van der Waals surface area contributed by atoms with Gasteiger partial charge < -0.3 is 10.2 Å². The van der Waals surface area contributed by atoms with Gasteiger partial charge in [0.25, 0.3) is 0 Å². The Morgan fingerprint density at radius 3 is 1.05 bits per heavy atom. The fourth-order valence-corrected chi connectivity index (χ4v) is 7.52. The van der Waals surface area contributed by atoms with Gasteiger partial charge in [0, 0.05) is 9.52 Å². The fraction of sp³-hybridized carbons (Fsp3) is 0.276. The van der Waals surface area contributed by atoms with Gasteiger partial charge >= 0.3 is 26.2 Å². The largest absolute Gasteiger partial charge is 2.00 e. The fourth-order valence-electron chi connectivity index (χ4n) is 7.52. The maximum atomic E-state index is 9.57. The van der Waals surface area contributed by atoms with Crippen LogP contribution in [0.25, 0.3) is 43.8 Å². The number of aromatic hydroxyl groups is 2. The van der Waals surface area contributed by atoms with Crippen LogP contribution in [0.5, 0.6) is 11.5 Å². The Morgan fingerprint density at radius 2 is 0.758 bits per heavy atom. The summed E-state index contributed by atoms with van der Waals surface area (Å²) in [5.74, 6) is 0.793. The molecular formula is C58H68O2SiZr. The van der Waals surface area contributed by atoms with Crippen LogP contribution in [0.2, 0.25) is 13.1 Å². The molecule has 0 fully saturated rings. The van der Waals surface area contributed by atoms with Gasteiger partial charge in [0.2, 0.25) is 0 Å². The Morgan fingerprint density at radius 1 is 0.452 bits per heavy atom. The second kappa shape index (κ2) is 24.2. The Hall–Kier alpha value is -4.76. The van der Waals surface area contributed by atoms with E-state index in [0.29, 0.717) is 11.5 Å². The molecule has 2 nitrogen and oxygen atoms in total. The first-order valence-electron chi connectivity index (χ1n) is 21.7. The normalized spacial score (nSPS) is 10.8. The molecule has 2 radical (unpaired) electrons. The summed E-state index contributed by atoms with van der Waals surface area (Å²) in [6, 6.07) is 54.7. The molecule has 0 amide bonds. The molecular weight excluding hydrogens is 848 g/mol. The van der Waals surface area contributed by atoms with Gasteiger partial charge in [0.1, 0.15) is 11.5 Å². The van der Waals surface area contributed by atoms with Crippen molar-refractivity contribution in [3.63, 3.8) is 0 Å². The van der Waals surface area contributed by atoms with Gasteiger partial charge in [0.05, 0.1) is 0 Å². The standard InChI is InChI=1S/2C17H15.2C11H16O.C2H6Si.Zr/c2*1-2-13-12-15-10-6-7-11-16(15)17(13)14-8-4-3-5-9-14;2*1-8-5-6-10(12)9(7-8)11(2,3)4;1-3-2;/h2*3-12H,2H2,1H3;2*5-7,12H,1-4H3;1-2H3;/q2*-1;;;;+2. The molecule has 0 unspecified atom stereocenters. The molecule has 320 valence electrons. The van der Waals surface area contributed by atoms with Crippen molar-refractivity contribution in [2.75, 3.05) is 0 Å². The number of rotatable bonds is 4. The quantitative estimate of drug-likeness (QED) is 0.136. The molecule has 0 aliphatic rings. The van der Waals surface area contributed by atoms with E-state index in [1.54, 1.807) is 12.1 Å². The molecule has 0 bridgehead atoms. The topological polar surface area (TPSA) is 40.5 Å². The van der Waals surface area contributed by atoms with Crippen molar-refractivity contribution in [1.29, 1.82) is 0 Å². The number of hydrogen-bond acceptors (Lipinski definition) is 2. The van der Waals surface area contributed by atoms with Crippen LogP contribution in [-0.2, 0) is 49.9 Å². The van der Waals surface area contributed by atoms with E-state index < -0.39 is 0 Å². The van der Waals surface area contributed by atoms with E-state index in [1.165, 1.54) is 66.1 Å². The first-order chi connectivity index (χ1) is 29.0. The molecule has 4 heteroatoms. The van der Waals surface area contributed by atoms with Crippen molar-refractivity contribution in [3.05, 3.63) is 191 Å². The van der Waals surface area contributed by atoms with E-state index in [0.717, 1.165) is 33.5 Å². The Labute approximate surface area is 395 Å². The monoisotopic (exact) mass is 914 g/mol. The SMILES string of the molecule is CCc1cc2ccccc2[c-]1-c1ccccc1.CCc1cc2ccccc2[c-]1-c1ccccc1.C[Si]C.Cc1ccc(O)c(C(C)(C)C)c1.Cc1ccc(O)c(C(C)(C)C)c1.[Zr+2]. The molecule has 0 aromatic heterocycles. The summed E-state index contributed by atoms with van der Waals surface area (Å²) in [6.45, 7) is 25.4. The molecule has 8 rings (SSSR count). The third-order valence-electron chi connectivity index (χ3n) is 10.6. The number of benzene rings is 6.